The van der Waals surface area contributed by atoms with Crippen molar-refractivity contribution in [3.8, 4) is 0 Å². The predicted octanol–water partition coefficient (Wildman–Crippen LogP) is 1.13. The van der Waals surface area contributed by atoms with Gasteiger partial charge in [0.15, 0.2) is 0 Å². The Morgan fingerprint density at radius 2 is 2.00 bits per heavy atom. The number of anilines is 1. The van der Waals surface area contributed by atoms with Crippen LogP contribution in [0.2, 0.25) is 0 Å². The predicted molar refractivity (Wildman–Crippen MR) is 63.2 cm³/mol. The molecule has 0 amide bonds. The Morgan fingerprint density at radius 1 is 1.31 bits per heavy atom. The van der Waals surface area contributed by atoms with Crippen LogP contribution in [0.4, 0.5) is 5.82 Å². The minimum absolute atomic E-state index is 0.141. The average Bonchev–Trinajstić information content (AvgIpc) is 2.15. The lowest BCUT2D eigenvalue weighted by molar-refractivity contribution is 0.340. The fourth-order valence-electron chi connectivity index (χ4n) is 1.53. The first kappa shape index (κ1) is 10.6. The van der Waals surface area contributed by atoms with E-state index in [-0.39, 0.29) is 11.1 Å². The van der Waals surface area contributed by atoms with Gasteiger partial charge < -0.3 is 5.73 Å². The topological polar surface area (TPSA) is 73.8 Å². The van der Waals surface area contributed by atoms with E-state index in [1.807, 2.05) is 20.8 Å². The van der Waals surface area contributed by atoms with Crippen LogP contribution < -0.4 is 11.3 Å². The van der Waals surface area contributed by atoms with Crippen LogP contribution in [0.25, 0.3) is 10.9 Å². The Kier molecular flexibility index (Phi) is 2.18. The molecule has 0 aromatic carbocycles. The fourth-order valence-corrected chi connectivity index (χ4v) is 1.53. The molecule has 0 atom stereocenters. The summed E-state index contributed by atoms with van der Waals surface area (Å²) in [5.41, 5.74) is 5.60. The summed E-state index contributed by atoms with van der Waals surface area (Å²) >= 11 is 0. The zero-order chi connectivity index (χ0) is 11.9. The van der Waals surface area contributed by atoms with E-state index in [1.165, 1.54) is 4.68 Å². The maximum atomic E-state index is 12.1. The van der Waals surface area contributed by atoms with Crippen molar-refractivity contribution in [2.75, 3.05) is 5.73 Å². The molecule has 5 nitrogen and oxygen atoms in total. The molecule has 16 heavy (non-hydrogen) atoms. The van der Waals surface area contributed by atoms with Crippen molar-refractivity contribution >= 4 is 16.7 Å². The van der Waals surface area contributed by atoms with Crippen molar-refractivity contribution in [1.82, 2.24) is 14.8 Å². The van der Waals surface area contributed by atoms with Crippen LogP contribution in [0, 0.1) is 0 Å². The quantitative estimate of drug-likeness (QED) is 0.719. The van der Waals surface area contributed by atoms with Crippen LogP contribution in [0.1, 0.15) is 20.8 Å². The van der Waals surface area contributed by atoms with Gasteiger partial charge in [-0.15, -0.1) is 0 Å². The highest BCUT2D eigenvalue weighted by Crippen LogP contribution is 2.12. The maximum absolute atomic E-state index is 12.1. The second-order valence-corrected chi connectivity index (χ2v) is 4.70. The third kappa shape index (κ3) is 1.64. The van der Waals surface area contributed by atoms with E-state index in [1.54, 1.807) is 18.3 Å². The molecular formula is C11H14N4O. The molecule has 0 spiro atoms. The first-order valence-corrected chi connectivity index (χ1v) is 5.04. The first-order valence-electron chi connectivity index (χ1n) is 5.04. The van der Waals surface area contributed by atoms with Gasteiger partial charge in [0.25, 0.3) is 5.56 Å². The van der Waals surface area contributed by atoms with E-state index in [0.717, 1.165) is 0 Å². The number of aromatic nitrogens is 3. The average molecular weight is 218 g/mol. The Hall–Kier alpha value is -1.91. The molecule has 0 aliphatic rings. The highest BCUT2D eigenvalue weighted by atomic mass is 16.1. The molecule has 2 rings (SSSR count). The summed E-state index contributed by atoms with van der Waals surface area (Å²) in [6.07, 6.45) is 1.57. The number of fused-ring (bicyclic) bond motifs is 1. The number of hydrogen-bond acceptors (Lipinski definition) is 4. The summed E-state index contributed by atoms with van der Waals surface area (Å²) in [6, 6.07) is 3.31. The Balaban J connectivity index is 2.81. The normalized spacial score (nSPS) is 11.9. The molecule has 2 aromatic rings. The second-order valence-electron chi connectivity index (χ2n) is 4.70. The molecule has 2 heterocycles. The van der Waals surface area contributed by atoms with Crippen molar-refractivity contribution < 1.29 is 0 Å². The van der Waals surface area contributed by atoms with E-state index in [0.29, 0.717) is 16.7 Å². The summed E-state index contributed by atoms with van der Waals surface area (Å²) in [7, 11) is 0. The van der Waals surface area contributed by atoms with Gasteiger partial charge in [-0.3, -0.25) is 4.79 Å². The summed E-state index contributed by atoms with van der Waals surface area (Å²) in [5.74, 6) is 0.391. The molecule has 0 bridgehead atoms. The van der Waals surface area contributed by atoms with Gasteiger partial charge in [-0.25, -0.2) is 9.67 Å². The van der Waals surface area contributed by atoms with Crippen LogP contribution in [0.5, 0.6) is 0 Å². The Bertz CT molecular complexity index is 595. The largest absolute Gasteiger partial charge is 0.384 e. The van der Waals surface area contributed by atoms with Gasteiger partial charge in [-0.2, -0.15) is 5.10 Å². The minimum atomic E-state index is -0.341. The zero-order valence-corrected chi connectivity index (χ0v) is 9.56. The maximum Gasteiger partial charge on any atom is 0.276 e. The van der Waals surface area contributed by atoms with E-state index >= 15 is 0 Å². The molecule has 0 aliphatic carbocycles. The van der Waals surface area contributed by atoms with Crippen molar-refractivity contribution in [2.45, 2.75) is 26.3 Å². The Labute approximate surface area is 92.9 Å². The van der Waals surface area contributed by atoms with Gasteiger partial charge in [-0.05, 0) is 32.9 Å². The van der Waals surface area contributed by atoms with Crippen LogP contribution in [0.3, 0.4) is 0 Å². The summed E-state index contributed by atoms with van der Waals surface area (Å²) in [5, 5.41) is 4.65. The summed E-state index contributed by atoms with van der Waals surface area (Å²) in [4.78, 5) is 16.2. The smallest absolute Gasteiger partial charge is 0.276 e. The van der Waals surface area contributed by atoms with E-state index in [4.69, 9.17) is 5.73 Å². The van der Waals surface area contributed by atoms with Crippen molar-refractivity contribution in [3.05, 3.63) is 28.7 Å². The number of hydrogen-bond donors (Lipinski definition) is 1. The Morgan fingerprint density at radius 3 is 2.62 bits per heavy atom. The van der Waals surface area contributed by atoms with E-state index in [9.17, 15) is 4.79 Å². The number of rotatable bonds is 0. The first-order chi connectivity index (χ1) is 7.39. The lowest BCUT2D eigenvalue weighted by Gasteiger charge is -2.20. The molecule has 0 saturated carbocycles. The molecule has 84 valence electrons. The van der Waals surface area contributed by atoms with Crippen LogP contribution in [-0.2, 0) is 5.54 Å². The second kappa shape index (κ2) is 3.30. The third-order valence-corrected chi connectivity index (χ3v) is 2.30. The van der Waals surface area contributed by atoms with Gasteiger partial charge in [-0.1, -0.05) is 0 Å². The molecule has 2 aromatic heterocycles. The van der Waals surface area contributed by atoms with E-state index < -0.39 is 0 Å². The van der Waals surface area contributed by atoms with E-state index in [2.05, 4.69) is 10.1 Å². The number of nitrogens with two attached hydrogens (primary N) is 1. The molecule has 0 unspecified atom stereocenters. The van der Waals surface area contributed by atoms with Gasteiger partial charge >= 0.3 is 0 Å². The molecule has 5 heteroatoms. The molecule has 0 radical (unpaired) electrons. The molecule has 2 N–H and O–H groups in total. The highest BCUT2D eigenvalue weighted by Gasteiger charge is 2.17. The van der Waals surface area contributed by atoms with Crippen LogP contribution >= 0.6 is 0 Å². The highest BCUT2D eigenvalue weighted by molar-refractivity contribution is 5.77. The van der Waals surface area contributed by atoms with Gasteiger partial charge in [0.1, 0.15) is 5.82 Å². The van der Waals surface area contributed by atoms with Crippen molar-refractivity contribution in [3.63, 3.8) is 0 Å². The standard InChI is InChI=1S/C11H14N4O/c1-11(2,3)15-10(16)7-4-5-9(12)14-8(7)6-13-15/h4-6H,1-3H3,(H2,12,14). The van der Waals surface area contributed by atoms with Gasteiger partial charge in [0.2, 0.25) is 0 Å². The minimum Gasteiger partial charge on any atom is -0.384 e. The number of pyridine rings is 1. The zero-order valence-electron chi connectivity index (χ0n) is 9.56. The van der Waals surface area contributed by atoms with Crippen LogP contribution in [0.15, 0.2) is 23.1 Å². The van der Waals surface area contributed by atoms with Crippen molar-refractivity contribution in [2.24, 2.45) is 0 Å². The molecular weight excluding hydrogens is 204 g/mol. The molecule has 0 fully saturated rings. The SMILES string of the molecule is CC(C)(C)n1ncc2nc(N)ccc2c1=O. The molecule has 0 aliphatic heterocycles. The van der Waals surface area contributed by atoms with Crippen LogP contribution in [-0.4, -0.2) is 14.8 Å². The van der Waals surface area contributed by atoms with Gasteiger partial charge in [0.05, 0.1) is 22.6 Å². The lowest BCUT2D eigenvalue weighted by Crippen LogP contribution is -2.35. The lowest BCUT2D eigenvalue weighted by atomic mass is 10.1. The molecule has 0 saturated heterocycles. The number of nitrogens with zero attached hydrogens (tertiary/aromatic N) is 3. The summed E-state index contributed by atoms with van der Waals surface area (Å²) < 4.78 is 1.45. The van der Waals surface area contributed by atoms with Gasteiger partial charge in [0, 0.05) is 0 Å². The number of nitrogen functional groups attached to an aromatic ring is 1. The third-order valence-electron chi connectivity index (χ3n) is 2.30. The fraction of sp³-hybridized carbons (Fsp3) is 0.364. The van der Waals surface area contributed by atoms with Crippen molar-refractivity contribution in [1.29, 1.82) is 0 Å². The summed E-state index contributed by atoms with van der Waals surface area (Å²) in [6.45, 7) is 5.79. The monoisotopic (exact) mass is 218 g/mol.